The molecule has 2 aromatic rings. The van der Waals surface area contributed by atoms with Gasteiger partial charge >= 0.3 is 6.36 Å². The third-order valence-electron chi connectivity index (χ3n) is 3.16. The van der Waals surface area contributed by atoms with Gasteiger partial charge in [0.25, 0.3) is 0 Å². The fourth-order valence-electron chi connectivity index (χ4n) is 2.02. The van der Waals surface area contributed by atoms with Crippen LogP contribution in [0.25, 0.3) is 6.08 Å². The Balaban J connectivity index is 2.01. The number of alkyl halides is 3. The Morgan fingerprint density at radius 2 is 1.54 bits per heavy atom. The van der Waals surface area contributed by atoms with E-state index in [9.17, 15) is 18.0 Å². The Bertz CT molecular complexity index is 764. The standard InChI is InChI=1S/C18H16F3NO4/c1-24-15-9-12(10-16(11-15)25-2)3-8-17(23)22-13-4-6-14(7-5-13)26-18(19,20)21/h3-11H,1-2H3,(H,22,23). The average Bonchev–Trinajstić information content (AvgIpc) is 2.60. The number of amides is 1. The Hall–Kier alpha value is -3.16. The molecule has 0 heterocycles. The number of ether oxygens (including phenoxy) is 3. The number of benzene rings is 2. The number of hydrogen-bond acceptors (Lipinski definition) is 4. The summed E-state index contributed by atoms with van der Waals surface area (Å²) in [4.78, 5) is 11.9. The van der Waals surface area contributed by atoms with E-state index in [4.69, 9.17) is 9.47 Å². The van der Waals surface area contributed by atoms with Crippen molar-refractivity contribution in [2.24, 2.45) is 0 Å². The zero-order valence-electron chi connectivity index (χ0n) is 14.0. The summed E-state index contributed by atoms with van der Waals surface area (Å²) in [5.74, 6) is 0.333. The van der Waals surface area contributed by atoms with Gasteiger partial charge in [-0.2, -0.15) is 0 Å². The Morgan fingerprint density at radius 1 is 0.962 bits per heavy atom. The molecule has 2 aromatic carbocycles. The zero-order valence-corrected chi connectivity index (χ0v) is 14.0. The van der Waals surface area contributed by atoms with Crippen LogP contribution in [-0.2, 0) is 4.79 Å². The Kier molecular flexibility index (Phi) is 6.11. The second-order valence-corrected chi connectivity index (χ2v) is 5.04. The summed E-state index contributed by atoms with van der Waals surface area (Å²) in [5, 5.41) is 2.53. The molecule has 1 amide bonds. The predicted octanol–water partition coefficient (Wildman–Crippen LogP) is 4.25. The van der Waals surface area contributed by atoms with Gasteiger partial charge in [-0.15, -0.1) is 13.2 Å². The van der Waals surface area contributed by atoms with Crippen molar-refractivity contribution >= 4 is 17.7 Å². The van der Waals surface area contributed by atoms with Crippen molar-refractivity contribution in [2.45, 2.75) is 6.36 Å². The highest BCUT2D eigenvalue weighted by molar-refractivity contribution is 6.02. The molecule has 0 aliphatic rings. The van der Waals surface area contributed by atoms with Crippen molar-refractivity contribution < 1.29 is 32.2 Å². The van der Waals surface area contributed by atoms with Crippen LogP contribution in [0.2, 0.25) is 0 Å². The van der Waals surface area contributed by atoms with Gasteiger partial charge in [0.2, 0.25) is 5.91 Å². The van der Waals surface area contributed by atoms with E-state index in [0.29, 0.717) is 22.7 Å². The molecule has 0 unspecified atom stereocenters. The molecule has 0 saturated heterocycles. The normalized spacial score (nSPS) is 11.3. The van der Waals surface area contributed by atoms with Crippen molar-refractivity contribution in [1.82, 2.24) is 0 Å². The van der Waals surface area contributed by atoms with Gasteiger partial charge in [-0.1, -0.05) is 0 Å². The minimum absolute atomic E-state index is 0.331. The highest BCUT2D eigenvalue weighted by Crippen LogP contribution is 2.25. The van der Waals surface area contributed by atoms with Crippen LogP contribution in [0, 0.1) is 0 Å². The average molecular weight is 367 g/mol. The molecule has 0 aliphatic heterocycles. The van der Waals surface area contributed by atoms with Crippen molar-refractivity contribution in [3.05, 3.63) is 54.1 Å². The SMILES string of the molecule is COc1cc(C=CC(=O)Nc2ccc(OC(F)(F)F)cc2)cc(OC)c1. The molecular formula is C18H16F3NO4. The maximum Gasteiger partial charge on any atom is 0.573 e. The van der Waals surface area contributed by atoms with Gasteiger partial charge in [-0.3, -0.25) is 4.79 Å². The molecule has 26 heavy (non-hydrogen) atoms. The molecule has 0 radical (unpaired) electrons. The van der Waals surface area contributed by atoms with Gasteiger partial charge in [-0.05, 0) is 48.0 Å². The molecule has 138 valence electrons. The molecule has 0 spiro atoms. The second kappa shape index (κ2) is 8.28. The molecule has 5 nitrogen and oxygen atoms in total. The summed E-state index contributed by atoms with van der Waals surface area (Å²) in [6, 6.07) is 9.97. The number of halogens is 3. The molecule has 1 N–H and O–H groups in total. The molecular weight excluding hydrogens is 351 g/mol. The first kappa shape index (κ1) is 19.2. The highest BCUT2D eigenvalue weighted by atomic mass is 19.4. The van der Waals surface area contributed by atoms with Crippen LogP contribution >= 0.6 is 0 Å². The van der Waals surface area contributed by atoms with Crippen LogP contribution in [-0.4, -0.2) is 26.5 Å². The monoisotopic (exact) mass is 367 g/mol. The summed E-state index contributed by atoms with van der Waals surface area (Å²) in [6.07, 6.45) is -1.92. The van der Waals surface area contributed by atoms with Crippen LogP contribution in [0.3, 0.4) is 0 Å². The van der Waals surface area contributed by atoms with Crippen LogP contribution in [0.15, 0.2) is 48.5 Å². The third kappa shape index (κ3) is 6.04. The molecule has 8 heteroatoms. The van der Waals surface area contributed by atoms with E-state index < -0.39 is 12.3 Å². The van der Waals surface area contributed by atoms with Crippen molar-refractivity contribution in [2.75, 3.05) is 19.5 Å². The van der Waals surface area contributed by atoms with Gasteiger partial charge < -0.3 is 19.5 Å². The van der Waals surface area contributed by atoms with Crippen molar-refractivity contribution in [3.8, 4) is 17.2 Å². The first-order valence-electron chi connectivity index (χ1n) is 7.37. The van der Waals surface area contributed by atoms with Gasteiger partial charge in [0.05, 0.1) is 14.2 Å². The van der Waals surface area contributed by atoms with Crippen LogP contribution < -0.4 is 19.5 Å². The number of carbonyl (C=O) groups excluding carboxylic acids is 1. The summed E-state index contributed by atoms with van der Waals surface area (Å²) in [5.41, 5.74) is 1.02. The van der Waals surface area contributed by atoms with Crippen LogP contribution in [0.5, 0.6) is 17.2 Å². The van der Waals surface area contributed by atoms with E-state index in [1.165, 1.54) is 32.4 Å². The first-order chi connectivity index (χ1) is 12.3. The van der Waals surface area contributed by atoms with Crippen LogP contribution in [0.1, 0.15) is 5.56 Å². The maximum absolute atomic E-state index is 12.1. The molecule has 0 aromatic heterocycles. The number of hydrogen-bond donors (Lipinski definition) is 1. The minimum atomic E-state index is -4.76. The lowest BCUT2D eigenvalue weighted by Crippen LogP contribution is -2.17. The molecule has 0 bridgehead atoms. The molecule has 0 saturated carbocycles. The summed E-state index contributed by atoms with van der Waals surface area (Å²) in [7, 11) is 3.03. The van der Waals surface area contributed by atoms with Crippen molar-refractivity contribution in [1.29, 1.82) is 0 Å². The summed E-state index contributed by atoms with van der Waals surface area (Å²) < 4.78 is 50.3. The number of carbonyl (C=O) groups is 1. The second-order valence-electron chi connectivity index (χ2n) is 5.04. The lowest BCUT2D eigenvalue weighted by Gasteiger charge is -2.09. The molecule has 0 atom stereocenters. The van der Waals surface area contributed by atoms with E-state index in [1.54, 1.807) is 24.3 Å². The maximum atomic E-state index is 12.1. The van der Waals surface area contributed by atoms with Crippen molar-refractivity contribution in [3.63, 3.8) is 0 Å². The number of rotatable bonds is 6. The van der Waals surface area contributed by atoms with Gasteiger partial charge in [0, 0.05) is 17.8 Å². The zero-order chi connectivity index (χ0) is 19.2. The lowest BCUT2D eigenvalue weighted by atomic mass is 10.2. The van der Waals surface area contributed by atoms with E-state index in [0.717, 1.165) is 12.1 Å². The summed E-state index contributed by atoms with van der Waals surface area (Å²) >= 11 is 0. The number of nitrogens with one attached hydrogen (secondary N) is 1. The van der Waals surface area contributed by atoms with Crippen LogP contribution in [0.4, 0.5) is 18.9 Å². The van der Waals surface area contributed by atoms with E-state index in [-0.39, 0.29) is 5.75 Å². The van der Waals surface area contributed by atoms with E-state index in [1.807, 2.05) is 0 Å². The summed E-state index contributed by atoms with van der Waals surface area (Å²) in [6.45, 7) is 0. The Morgan fingerprint density at radius 3 is 2.04 bits per heavy atom. The fraction of sp³-hybridized carbons (Fsp3) is 0.167. The quantitative estimate of drug-likeness (QED) is 0.776. The first-order valence-corrected chi connectivity index (χ1v) is 7.37. The molecule has 0 aliphatic carbocycles. The fourth-order valence-corrected chi connectivity index (χ4v) is 2.02. The highest BCUT2D eigenvalue weighted by Gasteiger charge is 2.30. The predicted molar refractivity (Wildman–Crippen MR) is 90.3 cm³/mol. The largest absolute Gasteiger partial charge is 0.573 e. The van der Waals surface area contributed by atoms with E-state index >= 15 is 0 Å². The number of methoxy groups -OCH3 is 2. The van der Waals surface area contributed by atoms with Gasteiger partial charge in [0.15, 0.2) is 0 Å². The van der Waals surface area contributed by atoms with Gasteiger partial charge in [0.1, 0.15) is 17.2 Å². The topological polar surface area (TPSA) is 56.8 Å². The Labute approximate surface area is 148 Å². The molecule has 2 rings (SSSR count). The lowest BCUT2D eigenvalue weighted by molar-refractivity contribution is -0.274. The smallest absolute Gasteiger partial charge is 0.497 e. The minimum Gasteiger partial charge on any atom is -0.497 e. The molecule has 0 fully saturated rings. The number of anilines is 1. The van der Waals surface area contributed by atoms with Gasteiger partial charge in [-0.25, -0.2) is 0 Å². The van der Waals surface area contributed by atoms with E-state index in [2.05, 4.69) is 10.1 Å². The third-order valence-corrected chi connectivity index (χ3v) is 3.16.